The van der Waals surface area contributed by atoms with Gasteiger partial charge in [-0.15, -0.1) is 0 Å². The Morgan fingerprint density at radius 2 is 1.81 bits per heavy atom. The fourth-order valence-corrected chi connectivity index (χ4v) is 2.47. The predicted molar refractivity (Wildman–Crippen MR) is 94.8 cm³/mol. The van der Waals surface area contributed by atoms with E-state index in [2.05, 4.69) is 5.32 Å². The zero-order valence-corrected chi connectivity index (χ0v) is 14.8. The van der Waals surface area contributed by atoms with Gasteiger partial charge in [-0.05, 0) is 36.4 Å². The summed E-state index contributed by atoms with van der Waals surface area (Å²) >= 11 is 0. The zero-order valence-electron chi connectivity index (χ0n) is 14.8. The summed E-state index contributed by atoms with van der Waals surface area (Å²) in [6.45, 7) is 1.36. The molecule has 0 aliphatic carbocycles. The van der Waals surface area contributed by atoms with Crippen LogP contribution < -0.4 is 15.0 Å². The first kappa shape index (κ1) is 20.3. The Kier molecular flexibility index (Phi) is 6.44. The van der Waals surface area contributed by atoms with Crippen LogP contribution in [0, 0.1) is 0 Å². The lowest BCUT2D eigenvalue weighted by molar-refractivity contribution is -0.137. The molecule has 0 radical (unpaired) electrons. The van der Waals surface area contributed by atoms with E-state index < -0.39 is 17.6 Å². The van der Waals surface area contributed by atoms with Crippen LogP contribution in [0.25, 0.3) is 0 Å². The van der Waals surface area contributed by atoms with Crippen molar-refractivity contribution in [2.75, 3.05) is 25.1 Å². The Labute approximate surface area is 154 Å². The number of amides is 2. The van der Waals surface area contributed by atoms with Gasteiger partial charge in [0.1, 0.15) is 5.75 Å². The largest absolute Gasteiger partial charge is 0.497 e. The van der Waals surface area contributed by atoms with Gasteiger partial charge < -0.3 is 15.0 Å². The normalized spacial score (nSPS) is 11.0. The highest BCUT2D eigenvalue weighted by molar-refractivity contribution is 5.95. The third-order valence-electron chi connectivity index (χ3n) is 3.82. The molecule has 2 aromatic carbocycles. The highest BCUT2D eigenvalue weighted by Crippen LogP contribution is 2.31. The first-order valence-corrected chi connectivity index (χ1v) is 8.10. The second-order valence-electron chi connectivity index (χ2n) is 5.71. The van der Waals surface area contributed by atoms with Gasteiger partial charge in [0.05, 0.1) is 12.7 Å². The minimum Gasteiger partial charge on any atom is -0.497 e. The van der Waals surface area contributed by atoms with Crippen LogP contribution in [-0.4, -0.2) is 32.0 Å². The van der Waals surface area contributed by atoms with E-state index in [0.29, 0.717) is 11.3 Å². The average Bonchev–Trinajstić information content (AvgIpc) is 2.64. The van der Waals surface area contributed by atoms with Crippen LogP contribution in [0.2, 0.25) is 0 Å². The lowest BCUT2D eigenvalue weighted by atomic mass is 10.1. The van der Waals surface area contributed by atoms with Gasteiger partial charge in [-0.2, -0.15) is 13.2 Å². The van der Waals surface area contributed by atoms with Crippen molar-refractivity contribution < 1.29 is 27.5 Å². The van der Waals surface area contributed by atoms with Crippen molar-refractivity contribution in [1.29, 1.82) is 0 Å². The molecule has 2 amide bonds. The molecular formula is C19H19F3N2O3. The fraction of sp³-hybridized carbons (Fsp3) is 0.263. The quantitative estimate of drug-likeness (QED) is 0.835. The second-order valence-corrected chi connectivity index (χ2v) is 5.71. The van der Waals surface area contributed by atoms with Gasteiger partial charge in [-0.1, -0.05) is 12.1 Å². The van der Waals surface area contributed by atoms with E-state index in [1.54, 1.807) is 24.3 Å². The molecule has 2 rings (SSSR count). The Morgan fingerprint density at radius 3 is 2.44 bits per heavy atom. The molecule has 0 spiro atoms. The van der Waals surface area contributed by atoms with Crippen molar-refractivity contribution in [3.05, 3.63) is 59.7 Å². The van der Waals surface area contributed by atoms with Crippen molar-refractivity contribution >= 4 is 17.5 Å². The van der Waals surface area contributed by atoms with Gasteiger partial charge in [0.2, 0.25) is 5.91 Å². The molecule has 0 fully saturated rings. The van der Waals surface area contributed by atoms with Crippen LogP contribution in [-0.2, 0) is 11.0 Å². The number of carbonyl (C=O) groups excluding carboxylic acids is 2. The number of nitrogens with zero attached hydrogens (tertiary/aromatic N) is 1. The van der Waals surface area contributed by atoms with Gasteiger partial charge in [0.25, 0.3) is 5.91 Å². The minimum absolute atomic E-state index is 0.0341. The molecule has 2 aromatic rings. The molecule has 1 N–H and O–H groups in total. The molecule has 8 heteroatoms. The number of nitrogens with one attached hydrogen (secondary N) is 1. The Balaban J connectivity index is 2.05. The molecule has 27 heavy (non-hydrogen) atoms. The van der Waals surface area contributed by atoms with E-state index in [4.69, 9.17) is 4.74 Å². The van der Waals surface area contributed by atoms with Gasteiger partial charge in [-0.3, -0.25) is 9.59 Å². The maximum Gasteiger partial charge on any atom is 0.416 e. The minimum atomic E-state index is -4.50. The summed E-state index contributed by atoms with van der Waals surface area (Å²) in [7, 11) is 1.48. The van der Waals surface area contributed by atoms with E-state index in [1.165, 1.54) is 31.1 Å². The maximum atomic E-state index is 12.9. The summed E-state index contributed by atoms with van der Waals surface area (Å²) in [5.41, 5.74) is -0.345. The molecule has 0 bridgehead atoms. The lowest BCUT2D eigenvalue weighted by Crippen LogP contribution is -2.37. The molecule has 0 atom stereocenters. The van der Waals surface area contributed by atoms with E-state index in [9.17, 15) is 22.8 Å². The molecule has 0 saturated heterocycles. The molecule has 0 heterocycles. The standard InChI is InChI=1S/C19H19F3N2O3/c1-13(25)24(16-7-4-6-15(12-16)19(20,21)22)10-9-23-18(26)14-5-3-8-17(11-14)27-2/h3-8,11-12H,9-10H2,1-2H3,(H,23,26). The van der Waals surface area contributed by atoms with Crippen LogP contribution in [0.1, 0.15) is 22.8 Å². The number of anilines is 1. The van der Waals surface area contributed by atoms with Crippen molar-refractivity contribution in [3.63, 3.8) is 0 Å². The van der Waals surface area contributed by atoms with Gasteiger partial charge >= 0.3 is 6.18 Å². The van der Waals surface area contributed by atoms with Crippen LogP contribution in [0.15, 0.2) is 48.5 Å². The first-order chi connectivity index (χ1) is 12.7. The summed E-state index contributed by atoms with van der Waals surface area (Å²) in [6.07, 6.45) is -4.50. The number of alkyl halides is 3. The topological polar surface area (TPSA) is 58.6 Å². The van der Waals surface area contributed by atoms with Crippen molar-refractivity contribution in [3.8, 4) is 5.75 Å². The zero-order chi connectivity index (χ0) is 20.0. The number of ether oxygens (including phenoxy) is 1. The molecule has 0 unspecified atom stereocenters. The number of rotatable bonds is 6. The first-order valence-electron chi connectivity index (χ1n) is 8.10. The maximum absolute atomic E-state index is 12.9. The van der Waals surface area contributed by atoms with Gasteiger partial charge in [0, 0.05) is 31.3 Å². The molecular weight excluding hydrogens is 361 g/mol. The molecule has 5 nitrogen and oxygen atoms in total. The third kappa shape index (κ3) is 5.47. The summed E-state index contributed by atoms with van der Waals surface area (Å²) in [5, 5.41) is 2.64. The monoisotopic (exact) mass is 380 g/mol. The van der Waals surface area contributed by atoms with E-state index >= 15 is 0 Å². The van der Waals surface area contributed by atoms with Gasteiger partial charge in [-0.25, -0.2) is 0 Å². The third-order valence-corrected chi connectivity index (χ3v) is 3.82. The summed E-state index contributed by atoms with van der Waals surface area (Å²) in [4.78, 5) is 25.2. The van der Waals surface area contributed by atoms with Crippen molar-refractivity contribution in [1.82, 2.24) is 5.32 Å². The Hall–Kier alpha value is -3.03. The SMILES string of the molecule is COc1cccc(C(=O)NCCN(C(C)=O)c2cccc(C(F)(F)F)c2)c1. The summed E-state index contributed by atoms with van der Waals surface area (Å²) in [5.74, 6) is -0.275. The van der Waals surface area contributed by atoms with Crippen LogP contribution in [0.4, 0.5) is 18.9 Å². The summed E-state index contributed by atoms with van der Waals surface area (Å²) < 4.78 is 43.7. The number of methoxy groups -OCH3 is 1. The molecule has 0 aromatic heterocycles. The van der Waals surface area contributed by atoms with Crippen molar-refractivity contribution in [2.45, 2.75) is 13.1 Å². The average molecular weight is 380 g/mol. The van der Waals surface area contributed by atoms with Crippen LogP contribution in [0.5, 0.6) is 5.75 Å². The van der Waals surface area contributed by atoms with Crippen LogP contribution in [0.3, 0.4) is 0 Å². The Bertz CT molecular complexity index is 822. The second kappa shape index (κ2) is 8.57. The highest BCUT2D eigenvalue weighted by atomic mass is 19.4. The van der Waals surface area contributed by atoms with Gasteiger partial charge in [0.15, 0.2) is 0 Å². The number of halogens is 3. The lowest BCUT2D eigenvalue weighted by Gasteiger charge is -2.22. The Morgan fingerprint density at radius 1 is 1.11 bits per heavy atom. The molecule has 0 aliphatic heterocycles. The smallest absolute Gasteiger partial charge is 0.416 e. The number of benzene rings is 2. The van der Waals surface area contributed by atoms with E-state index in [0.717, 1.165) is 12.1 Å². The highest BCUT2D eigenvalue weighted by Gasteiger charge is 2.31. The van der Waals surface area contributed by atoms with Crippen molar-refractivity contribution in [2.24, 2.45) is 0 Å². The number of carbonyl (C=O) groups is 2. The van der Waals surface area contributed by atoms with E-state index in [-0.39, 0.29) is 24.7 Å². The van der Waals surface area contributed by atoms with E-state index in [1.807, 2.05) is 0 Å². The predicted octanol–water partition coefficient (Wildman–Crippen LogP) is 3.50. The summed E-state index contributed by atoms with van der Waals surface area (Å²) in [6, 6.07) is 11.0. The molecule has 0 saturated carbocycles. The number of hydrogen-bond donors (Lipinski definition) is 1. The number of hydrogen-bond acceptors (Lipinski definition) is 3. The molecule has 144 valence electrons. The van der Waals surface area contributed by atoms with Crippen LogP contribution >= 0.6 is 0 Å². The molecule has 0 aliphatic rings. The fourth-order valence-electron chi connectivity index (χ4n) is 2.47.